The van der Waals surface area contributed by atoms with Gasteiger partial charge in [-0.2, -0.15) is 0 Å². The molecule has 0 aliphatic heterocycles. The van der Waals surface area contributed by atoms with Crippen LogP contribution in [0.15, 0.2) is 58.2 Å². The number of nitrogens with one attached hydrogen (secondary N) is 1. The highest BCUT2D eigenvalue weighted by molar-refractivity contribution is 7.80. The van der Waals surface area contributed by atoms with E-state index < -0.39 is 0 Å². The first-order valence-corrected chi connectivity index (χ1v) is 7.08. The van der Waals surface area contributed by atoms with E-state index in [0.29, 0.717) is 18.5 Å². The van der Waals surface area contributed by atoms with E-state index in [1.165, 1.54) is 0 Å². The van der Waals surface area contributed by atoms with Crippen LogP contribution in [0.5, 0.6) is 0 Å². The van der Waals surface area contributed by atoms with Gasteiger partial charge < -0.3 is 9.73 Å². The van der Waals surface area contributed by atoms with Gasteiger partial charge in [0.25, 0.3) is 5.91 Å². The summed E-state index contributed by atoms with van der Waals surface area (Å²) in [4.78, 5) is 17.3. The number of carbonyl (C=O) groups is 1. The van der Waals surface area contributed by atoms with E-state index in [4.69, 9.17) is 4.42 Å². The Morgan fingerprint density at radius 2 is 2.14 bits per heavy atom. The van der Waals surface area contributed by atoms with Gasteiger partial charge in [-0.25, -0.2) is 0 Å². The number of carbonyl (C=O) groups excluding carboxylic acids is 1. The van der Waals surface area contributed by atoms with Crippen LogP contribution in [0.2, 0.25) is 0 Å². The molecule has 1 amide bonds. The summed E-state index contributed by atoms with van der Waals surface area (Å²) in [5.41, 5.74) is 1.34. The molecule has 106 valence electrons. The van der Waals surface area contributed by atoms with E-state index in [9.17, 15) is 4.79 Å². The summed E-state index contributed by atoms with van der Waals surface area (Å²) < 4.78 is 5.24. The van der Waals surface area contributed by atoms with Crippen LogP contribution in [0.1, 0.15) is 16.1 Å². The molecule has 4 nitrogen and oxygen atoms in total. The number of aromatic nitrogens is 1. The van der Waals surface area contributed by atoms with Gasteiger partial charge in [-0.1, -0.05) is 12.1 Å². The van der Waals surface area contributed by atoms with Crippen molar-refractivity contribution < 1.29 is 9.21 Å². The van der Waals surface area contributed by atoms with Crippen LogP contribution in [-0.2, 0) is 6.42 Å². The van der Waals surface area contributed by atoms with Gasteiger partial charge in [0.2, 0.25) is 0 Å². The second-order valence-electron chi connectivity index (χ2n) is 4.62. The summed E-state index contributed by atoms with van der Waals surface area (Å²) in [7, 11) is 0. The minimum absolute atomic E-state index is 0.118. The number of furan rings is 1. The molecule has 0 atom stereocenters. The smallest absolute Gasteiger partial charge is 0.252 e. The Hall–Kier alpha value is -2.27. The van der Waals surface area contributed by atoms with E-state index in [2.05, 4.69) is 22.9 Å². The minimum Gasteiger partial charge on any atom is -0.469 e. The van der Waals surface area contributed by atoms with E-state index in [0.717, 1.165) is 21.6 Å². The van der Waals surface area contributed by atoms with Crippen molar-refractivity contribution in [2.75, 3.05) is 6.54 Å². The summed E-state index contributed by atoms with van der Waals surface area (Å²) >= 11 is 4.37. The second kappa shape index (κ2) is 6.01. The maximum absolute atomic E-state index is 12.3. The van der Waals surface area contributed by atoms with Crippen LogP contribution in [-0.4, -0.2) is 17.4 Å². The number of rotatable bonds is 4. The molecule has 1 aromatic carbocycles. The zero-order valence-electron chi connectivity index (χ0n) is 11.2. The van der Waals surface area contributed by atoms with Gasteiger partial charge in [-0.15, -0.1) is 12.6 Å². The van der Waals surface area contributed by atoms with Gasteiger partial charge in [-0.3, -0.25) is 9.78 Å². The fourth-order valence-electron chi connectivity index (χ4n) is 2.21. The molecule has 0 aliphatic rings. The number of hydrogen-bond acceptors (Lipinski definition) is 4. The molecule has 2 heterocycles. The molecule has 0 radical (unpaired) electrons. The van der Waals surface area contributed by atoms with Crippen molar-refractivity contribution >= 4 is 29.4 Å². The normalized spacial score (nSPS) is 10.7. The number of amides is 1. The molecule has 3 rings (SSSR count). The van der Waals surface area contributed by atoms with Crippen molar-refractivity contribution in [2.45, 2.75) is 11.3 Å². The van der Waals surface area contributed by atoms with Crippen molar-refractivity contribution in [3.63, 3.8) is 0 Å². The Labute approximate surface area is 127 Å². The van der Waals surface area contributed by atoms with Crippen LogP contribution < -0.4 is 5.32 Å². The third kappa shape index (κ3) is 2.92. The molecule has 0 bridgehead atoms. The molecule has 1 N–H and O–H groups in total. The number of pyridine rings is 1. The lowest BCUT2D eigenvalue weighted by Gasteiger charge is -2.08. The summed E-state index contributed by atoms with van der Waals surface area (Å²) in [5.74, 6) is 0.737. The molecule has 0 fully saturated rings. The van der Waals surface area contributed by atoms with Crippen molar-refractivity contribution in [1.82, 2.24) is 10.3 Å². The van der Waals surface area contributed by atoms with Crippen molar-refractivity contribution in [3.05, 3.63) is 60.2 Å². The number of fused-ring (bicyclic) bond motifs is 1. The Morgan fingerprint density at radius 3 is 2.95 bits per heavy atom. The average molecular weight is 298 g/mol. The third-order valence-corrected chi connectivity index (χ3v) is 3.59. The Balaban J connectivity index is 1.77. The SMILES string of the molecule is O=C(NCCc1ccco1)c1ccnc2c(S)cccc12. The van der Waals surface area contributed by atoms with Crippen LogP contribution in [0, 0.1) is 0 Å². The molecule has 21 heavy (non-hydrogen) atoms. The average Bonchev–Trinajstić information content (AvgIpc) is 3.00. The first kappa shape index (κ1) is 13.7. The van der Waals surface area contributed by atoms with Gasteiger partial charge in [-0.05, 0) is 24.3 Å². The Bertz CT molecular complexity index is 769. The molecule has 3 aromatic rings. The molecule has 0 saturated heterocycles. The van der Waals surface area contributed by atoms with Gasteiger partial charge in [0, 0.05) is 29.4 Å². The lowest BCUT2D eigenvalue weighted by Crippen LogP contribution is -2.25. The van der Waals surface area contributed by atoms with Crippen LogP contribution in [0.25, 0.3) is 10.9 Å². The quantitative estimate of drug-likeness (QED) is 0.728. The fraction of sp³-hybridized carbons (Fsp3) is 0.125. The monoisotopic (exact) mass is 298 g/mol. The standard InChI is InChI=1S/C16H14N2O2S/c19-16(18-8-6-11-3-2-10-20-11)13-7-9-17-15-12(13)4-1-5-14(15)21/h1-5,7,9-10,21H,6,8H2,(H,18,19). The van der Waals surface area contributed by atoms with E-state index in [-0.39, 0.29) is 5.91 Å². The number of nitrogens with zero attached hydrogens (tertiary/aromatic N) is 1. The third-order valence-electron chi connectivity index (χ3n) is 3.23. The lowest BCUT2D eigenvalue weighted by molar-refractivity contribution is 0.0955. The summed E-state index contributed by atoms with van der Waals surface area (Å²) in [6, 6.07) is 11.0. The molecule has 5 heteroatoms. The number of benzene rings is 1. The summed E-state index contributed by atoms with van der Waals surface area (Å²) in [6.07, 6.45) is 3.92. The largest absolute Gasteiger partial charge is 0.469 e. The van der Waals surface area contributed by atoms with Crippen molar-refractivity contribution in [1.29, 1.82) is 0 Å². The van der Waals surface area contributed by atoms with Gasteiger partial charge >= 0.3 is 0 Å². The number of hydrogen-bond donors (Lipinski definition) is 2. The maximum Gasteiger partial charge on any atom is 0.252 e. The molecule has 0 saturated carbocycles. The van der Waals surface area contributed by atoms with E-state index in [1.807, 2.05) is 30.3 Å². The van der Waals surface area contributed by atoms with E-state index >= 15 is 0 Å². The van der Waals surface area contributed by atoms with Gasteiger partial charge in [0.1, 0.15) is 5.76 Å². The first-order chi connectivity index (χ1) is 10.3. The summed E-state index contributed by atoms with van der Waals surface area (Å²) in [6.45, 7) is 0.525. The van der Waals surface area contributed by atoms with Gasteiger partial charge in [0.15, 0.2) is 0 Å². The van der Waals surface area contributed by atoms with Crippen LogP contribution >= 0.6 is 12.6 Å². The van der Waals surface area contributed by atoms with Gasteiger partial charge in [0.05, 0.1) is 17.3 Å². The molecule has 2 aromatic heterocycles. The molecule has 0 unspecified atom stereocenters. The van der Waals surface area contributed by atoms with Crippen molar-refractivity contribution in [2.24, 2.45) is 0 Å². The number of para-hydroxylation sites is 1. The first-order valence-electron chi connectivity index (χ1n) is 6.63. The molecular formula is C16H14N2O2S. The fourth-order valence-corrected chi connectivity index (χ4v) is 2.47. The second-order valence-corrected chi connectivity index (χ2v) is 5.10. The van der Waals surface area contributed by atoms with Crippen molar-refractivity contribution in [3.8, 4) is 0 Å². The molecular weight excluding hydrogens is 284 g/mol. The number of thiol groups is 1. The lowest BCUT2D eigenvalue weighted by atomic mass is 10.1. The predicted molar refractivity (Wildman–Crippen MR) is 83.7 cm³/mol. The van der Waals surface area contributed by atoms with Crippen LogP contribution in [0.3, 0.4) is 0 Å². The zero-order chi connectivity index (χ0) is 14.7. The summed E-state index contributed by atoms with van der Waals surface area (Å²) in [5, 5.41) is 3.70. The Kier molecular flexibility index (Phi) is 3.92. The zero-order valence-corrected chi connectivity index (χ0v) is 12.1. The topological polar surface area (TPSA) is 55.1 Å². The minimum atomic E-state index is -0.118. The highest BCUT2D eigenvalue weighted by atomic mass is 32.1. The highest BCUT2D eigenvalue weighted by Gasteiger charge is 2.11. The Morgan fingerprint density at radius 1 is 1.24 bits per heavy atom. The molecule has 0 spiro atoms. The highest BCUT2D eigenvalue weighted by Crippen LogP contribution is 2.22. The maximum atomic E-state index is 12.3. The van der Waals surface area contributed by atoms with E-state index in [1.54, 1.807) is 18.5 Å². The van der Waals surface area contributed by atoms with Crippen LogP contribution in [0.4, 0.5) is 0 Å². The predicted octanol–water partition coefficient (Wildman–Crippen LogP) is 3.09. The molecule has 0 aliphatic carbocycles.